The molecule has 0 aliphatic carbocycles. The molecule has 0 aliphatic rings. The number of para-hydroxylation sites is 1. The van der Waals surface area contributed by atoms with Gasteiger partial charge in [-0.2, -0.15) is 0 Å². The zero-order chi connectivity index (χ0) is 13.2. The molecule has 2 aromatic heterocycles. The SMILES string of the molecule is Cc1cnc(CNC(C)c2cc3ccccc3o2)o1. The van der Waals surface area contributed by atoms with E-state index in [1.807, 2.05) is 31.2 Å². The van der Waals surface area contributed by atoms with Gasteiger partial charge in [-0.1, -0.05) is 18.2 Å². The molecule has 0 spiro atoms. The number of nitrogens with zero attached hydrogens (tertiary/aromatic N) is 1. The van der Waals surface area contributed by atoms with Crippen LogP contribution in [0.5, 0.6) is 0 Å². The molecule has 0 saturated heterocycles. The lowest BCUT2D eigenvalue weighted by molar-refractivity contribution is 0.404. The van der Waals surface area contributed by atoms with Crippen LogP contribution < -0.4 is 5.32 Å². The van der Waals surface area contributed by atoms with Crippen LogP contribution in [-0.4, -0.2) is 4.98 Å². The van der Waals surface area contributed by atoms with Gasteiger partial charge in [-0.3, -0.25) is 5.32 Å². The number of hydrogen-bond acceptors (Lipinski definition) is 4. The average Bonchev–Trinajstić information content (AvgIpc) is 3.01. The summed E-state index contributed by atoms with van der Waals surface area (Å²) < 4.78 is 11.2. The lowest BCUT2D eigenvalue weighted by Crippen LogP contribution is -2.17. The van der Waals surface area contributed by atoms with Gasteiger partial charge in [0.2, 0.25) is 5.89 Å². The zero-order valence-electron chi connectivity index (χ0n) is 11.0. The fraction of sp³-hybridized carbons (Fsp3) is 0.267. The fourth-order valence-corrected chi connectivity index (χ4v) is 2.04. The summed E-state index contributed by atoms with van der Waals surface area (Å²) in [4.78, 5) is 4.16. The molecule has 0 saturated carbocycles. The summed E-state index contributed by atoms with van der Waals surface area (Å²) in [5, 5.41) is 4.46. The van der Waals surface area contributed by atoms with Gasteiger partial charge in [-0.15, -0.1) is 0 Å². The Hall–Kier alpha value is -2.07. The topological polar surface area (TPSA) is 51.2 Å². The first kappa shape index (κ1) is 12.0. The first-order valence-corrected chi connectivity index (χ1v) is 6.35. The van der Waals surface area contributed by atoms with E-state index in [0.29, 0.717) is 12.4 Å². The molecule has 3 rings (SSSR count). The predicted molar refractivity (Wildman–Crippen MR) is 72.7 cm³/mol. The largest absolute Gasteiger partial charge is 0.459 e. The molecule has 0 fully saturated rings. The number of benzene rings is 1. The van der Waals surface area contributed by atoms with Crippen LogP contribution in [0, 0.1) is 6.92 Å². The second-order valence-electron chi connectivity index (χ2n) is 4.65. The summed E-state index contributed by atoms with van der Waals surface area (Å²) >= 11 is 0. The predicted octanol–water partition coefficient (Wildman–Crippen LogP) is 3.58. The molecule has 0 radical (unpaired) electrons. The molecule has 0 aliphatic heterocycles. The Bertz CT molecular complexity index is 651. The normalized spacial score (nSPS) is 12.9. The Morgan fingerprint density at radius 2 is 2.11 bits per heavy atom. The van der Waals surface area contributed by atoms with E-state index in [2.05, 4.69) is 23.3 Å². The van der Waals surface area contributed by atoms with Gasteiger partial charge in [0.1, 0.15) is 17.1 Å². The van der Waals surface area contributed by atoms with Crippen LogP contribution in [0.25, 0.3) is 11.0 Å². The van der Waals surface area contributed by atoms with Gasteiger partial charge in [0.15, 0.2) is 0 Å². The highest BCUT2D eigenvalue weighted by atomic mass is 16.4. The number of aromatic nitrogens is 1. The van der Waals surface area contributed by atoms with Crippen molar-refractivity contribution in [3.05, 3.63) is 53.9 Å². The number of rotatable bonds is 4. The summed E-state index contributed by atoms with van der Waals surface area (Å²) in [7, 11) is 0. The number of oxazole rings is 1. The first-order chi connectivity index (χ1) is 9.22. The van der Waals surface area contributed by atoms with Gasteiger partial charge in [0.05, 0.1) is 18.8 Å². The van der Waals surface area contributed by atoms with Gasteiger partial charge < -0.3 is 8.83 Å². The highest BCUT2D eigenvalue weighted by molar-refractivity contribution is 5.77. The minimum Gasteiger partial charge on any atom is -0.459 e. The van der Waals surface area contributed by atoms with Gasteiger partial charge in [0, 0.05) is 5.39 Å². The third-order valence-electron chi connectivity index (χ3n) is 3.10. The molecule has 0 bridgehead atoms. The van der Waals surface area contributed by atoms with Crippen molar-refractivity contribution in [3.8, 4) is 0 Å². The summed E-state index contributed by atoms with van der Waals surface area (Å²) in [5.74, 6) is 2.44. The van der Waals surface area contributed by atoms with E-state index in [9.17, 15) is 0 Å². The maximum absolute atomic E-state index is 5.81. The molecule has 1 N–H and O–H groups in total. The second-order valence-corrected chi connectivity index (χ2v) is 4.65. The molecular formula is C15H16N2O2. The lowest BCUT2D eigenvalue weighted by Gasteiger charge is -2.08. The van der Waals surface area contributed by atoms with Gasteiger partial charge in [0.25, 0.3) is 0 Å². The first-order valence-electron chi connectivity index (χ1n) is 6.35. The molecular weight excluding hydrogens is 240 g/mol. The molecule has 2 heterocycles. The van der Waals surface area contributed by atoms with Crippen LogP contribution in [0.4, 0.5) is 0 Å². The van der Waals surface area contributed by atoms with Crippen molar-refractivity contribution in [1.82, 2.24) is 10.3 Å². The van der Waals surface area contributed by atoms with Crippen LogP contribution in [-0.2, 0) is 6.54 Å². The highest BCUT2D eigenvalue weighted by Crippen LogP contribution is 2.23. The van der Waals surface area contributed by atoms with E-state index in [-0.39, 0.29) is 6.04 Å². The van der Waals surface area contributed by atoms with E-state index >= 15 is 0 Å². The molecule has 19 heavy (non-hydrogen) atoms. The maximum Gasteiger partial charge on any atom is 0.208 e. The van der Waals surface area contributed by atoms with Crippen molar-refractivity contribution in [1.29, 1.82) is 0 Å². The third-order valence-corrected chi connectivity index (χ3v) is 3.10. The number of aryl methyl sites for hydroxylation is 1. The molecule has 0 amide bonds. The zero-order valence-corrected chi connectivity index (χ0v) is 11.0. The van der Waals surface area contributed by atoms with Crippen molar-refractivity contribution >= 4 is 11.0 Å². The third kappa shape index (κ3) is 2.53. The lowest BCUT2D eigenvalue weighted by atomic mass is 10.2. The summed E-state index contributed by atoms with van der Waals surface area (Å²) in [5.41, 5.74) is 0.915. The van der Waals surface area contributed by atoms with Gasteiger partial charge in [-0.25, -0.2) is 4.98 Å². The van der Waals surface area contributed by atoms with Crippen LogP contribution in [0.15, 0.2) is 45.4 Å². The summed E-state index contributed by atoms with van der Waals surface area (Å²) in [6.45, 7) is 4.54. The highest BCUT2D eigenvalue weighted by Gasteiger charge is 2.12. The van der Waals surface area contributed by atoms with E-state index in [1.165, 1.54) is 0 Å². The van der Waals surface area contributed by atoms with Crippen molar-refractivity contribution in [2.24, 2.45) is 0 Å². The Kier molecular flexibility index (Phi) is 3.09. The smallest absolute Gasteiger partial charge is 0.208 e. The minimum absolute atomic E-state index is 0.111. The van der Waals surface area contributed by atoms with E-state index in [0.717, 1.165) is 22.5 Å². The molecule has 98 valence electrons. The molecule has 1 aromatic carbocycles. The van der Waals surface area contributed by atoms with Crippen LogP contribution in [0.1, 0.15) is 30.4 Å². The van der Waals surface area contributed by atoms with Crippen molar-refractivity contribution in [2.45, 2.75) is 26.4 Å². The van der Waals surface area contributed by atoms with Crippen molar-refractivity contribution in [3.63, 3.8) is 0 Å². The number of hydrogen-bond donors (Lipinski definition) is 1. The molecule has 1 unspecified atom stereocenters. The number of nitrogens with one attached hydrogen (secondary N) is 1. The fourth-order valence-electron chi connectivity index (χ4n) is 2.04. The Labute approximate surface area is 111 Å². The molecule has 4 heteroatoms. The van der Waals surface area contributed by atoms with E-state index < -0.39 is 0 Å². The van der Waals surface area contributed by atoms with E-state index in [1.54, 1.807) is 6.20 Å². The number of fused-ring (bicyclic) bond motifs is 1. The maximum atomic E-state index is 5.81. The standard InChI is InChI=1S/C15H16N2O2/c1-10-8-17-15(18-10)9-16-11(2)14-7-12-5-3-4-6-13(12)19-14/h3-8,11,16H,9H2,1-2H3. The Balaban J connectivity index is 1.71. The van der Waals surface area contributed by atoms with Crippen LogP contribution in [0.3, 0.4) is 0 Å². The Morgan fingerprint density at radius 1 is 1.26 bits per heavy atom. The quantitative estimate of drug-likeness (QED) is 0.775. The van der Waals surface area contributed by atoms with Crippen molar-refractivity contribution < 1.29 is 8.83 Å². The summed E-state index contributed by atoms with van der Waals surface area (Å²) in [6, 6.07) is 10.2. The van der Waals surface area contributed by atoms with Crippen LogP contribution in [0.2, 0.25) is 0 Å². The minimum atomic E-state index is 0.111. The van der Waals surface area contributed by atoms with E-state index in [4.69, 9.17) is 8.83 Å². The van der Waals surface area contributed by atoms with Crippen LogP contribution >= 0.6 is 0 Å². The monoisotopic (exact) mass is 256 g/mol. The second kappa shape index (κ2) is 4.90. The van der Waals surface area contributed by atoms with Gasteiger partial charge in [-0.05, 0) is 26.0 Å². The van der Waals surface area contributed by atoms with Gasteiger partial charge >= 0.3 is 0 Å². The average molecular weight is 256 g/mol. The molecule has 1 atom stereocenters. The molecule has 3 aromatic rings. The molecule has 4 nitrogen and oxygen atoms in total. The Morgan fingerprint density at radius 3 is 2.84 bits per heavy atom. The summed E-state index contributed by atoms with van der Waals surface area (Å²) in [6.07, 6.45) is 1.73. The van der Waals surface area contributed by atoms with Crippen molar-refractivity contribution in [2.75, 3.05) is 0 Å². The number of furan rings is 1.